The van der Waals surface area contributed by atoms with Crippen LogP contribution in [0.2, 0.25) is 0 Å². The van der Waals surface area contributed by atoms with Crippen LogP contribution in [-0.2, 0) is 10.0 Å². The van der Waals surface area contributed by atoms with E-state index >= 15 is 0 Å². The summed E-state index contributed by atoms with van der Waals surface area (Å²) >= 11 is 0. The number of hydrogen-bond acceptors (Lipinski definition) is 7. The maximum atomic E-state index is 13.3. The largest absolute Gasteiger partial charge is 0.388 e. The van der Waals surface area contributed by atoms with E-state index in [1.165, 1.54) is 21.1 Å². The van der Waals surface area contributed by atoms with Gasteiger partial charge in [0, 0.05) is 40.4 Å². The van der Waals surface area contributed by atoms with Crippen LogP contribution in [-0.4, -0.2) is 63.3 Å². The minimum Gasteiger partial charge on any atom is -0.388 e. The van der Waals surface area contributed by atoms with Gasteiger partial charge in [0.25, 0.3) is 5.56 Å². The molecule has 164 valence electrons. The van der Waals surface area contributed by atoms with Gasteiger partial charge in [-0.3, -0.25) is 9.36 Å². The Bertz CT molecular complexity index is 1270. The molecule has 0 amide bonds. The zero-order valence-electron chi connectivity index (χ0n) is 21.1. The highest BCUT2D eigenvalue weighted by Crippen LogP contribution is 2.39. The van der Waals surface area contributed by atoms with Gasteiger partial charge in [-0.2, -0.15) is 4.98 Å². The maximum Gasteiger partial charge on any atom is 0.255 e. The van der Waals surface area contributed by atoms with Crippen molar-refractivity contribution in [2.24, 2.45) is 0 Å². The summed E-state index contributed by atoms with van der Waals surface area (Å²) in [5.41, 5.74) is -2.12. The van der Waals surface area contributed by atoms with Crippen LogP contribution in [0.15, 0.2) is 17.1 Å². The van der Waals surface area contributed by atoms with Gasteiger partial charge in [0.15, 0.2) is 0 Å². The highest BCUT2D eigenvalue weighted by atomic mass is 32.2. The number of aromatic nitrogens is 3. The Morgan fingerprint density at radius 2 is 2.10 bits per heavy atom. The zero-order chi connectivity index (χ0) is 25.1. The Kier molecular flexibility index (Phi) is 4.20. The number of nitrogens with one attached hydrogen (secondary N) is 1. The first-order chi connectivity index (χ1) is 15.6. The van der Waals surface area contributed by atoms with Crippen molar-refractivity contribution in [3.05, 3.63) is 28.2 Å². The number of rotatable bonds is 4. The molecular weight excluding hydrogens is 406 g/mol. The fourth-order valence-corrected chi connectivity index (χ4v) is 5.22. The highest BCUT2D eigenvalue weighted by molar-refractivity contribution is 7.88. The topological polar surface area (TPSA) is 117 Å². The molecule has 0 bridgehead atoms. The molecule has 1 saturated heterocycles. The summed E-state index contributed by atoms with van der Waals surface area (Å²) in [6.07, 6.45) is 4.58. The molecule has 1 aliphatic heterocycles. The number of aryl methyl sites for hydroxylation is 1. The molecule has 1 saturated carbocycles. The zero-order valence-corrected chi connectivity index (χ0v) is 17.9. The maximum absolute atomic E-state index is 13.3. The number of aliphatic hydroxyl groups is 1. The third-order valence-electron chi connectivity index (χ3n) is 6.05. The molecule has 2 aromatic heterocycles. The Labute approximate surface area is 181 Å². The average molecular weight is 440 g/mol. The summed E-state index contributed by atoms with van der Waals surface area (Å²) in [5.74, 6) is 0.0720. The number of pyridine rings is 1. The molecule has 0 spiro atoms. The van der Waals surface area contributed by atoms with Crippen LogP contribution in [0, 0.1) is 6.85 Å². The summed E-state index contributed by atoms with van der Waals surface area (Å²) in [6, 6.07) is -0.608. The van der Waals surface area contributed by atoms with Crippen molar-refractivity contribution in [3.8, 4) is 0 Å². The summed E-state index contributed by atoms with van der Waals surface area (Å²) in [7, 11) is -3.34. The van der Waals surface area contributed by atoms with Crippen molar-refractivity contribution < 1.29 is 19.0 Å². The van der Waals surface area contributed by atoms with Crippen molar-refractivity contribution in [2.75, 3.05) is 24.7 Å². The lowest BCUT2D eigenvalue weighted by atomic mass is 9.99. The number of fused-ring (bicyclic) bond motifs is 1. The number of anilines is 1. The van der Waals surface area contributed by atoms with Crippen LogP contribution in [0.1, 0.15) is 56.1 Å². The molecule has 0 unspecified atom stereocenters. The minimum absolute atomic E-state index is 0.0720. The van der Waals surface area contributed by atoms with Gasteiger partial charge in [0.1, 0.15) is 5.65 Å². The summed E-state index contributed by atoms with van der Waals surface area (Å²) in [4.78, 5) is 22.0. The fourth-order valence-electron chi connectivity index (χ4n) is 4.38. The predicted molar refractivity (Wildman–Crippen MR) is 115 cm³/mol. The summed E-state index contributed by atoms with van der Waals surface area (Å²) in [5, 5.41) is 14.2. The van der Waals surface area contributed by atoms with Crippen molar-refractivity contribution >= 4 is 27.0 Å². The molecule has 10 heteroatoms. The Balaban J connectivity index is 1.76. The molecule has 3 heterocycles. The molecule has 30 heavy (non-hydrogen) atoms. The van der Waals surface area contributed by atoms with E-state index in [9.17, 15) is 18.3 Å². The lowest BCUT2D eigenvalue weighted by Gasteiger charge is -2.31. The SMILES string of the molecule is [2H]C1(Nc2ncc3cc(C([2H])([2H])[2H])c(=O)n([C@H]4CCC[C@]4(C)O)c3n2)CCN(S(C)(=O)=O)CC1. The van der Waals surface area contributed by atoms with Crippen molar-refractivity contribution in [1.82, 2.24) is 18.8 Å². The smallest absolute Gasteiger partial charge is 0.255 e. The normalized spacial score (nSPS) is 29.8. The van der Waals surface area contributed by atoms with E-state index in [1.807, 2.05) is 0 Å². The van der Waals surface area contributed by atoms with E-state index in [1.54, 1.807) is 6.92 Å². The lowest BCUT2D eigenvalue weighted by Crippen LogP contribution is -2.42. The van der Waals surface area contributed by atoms with E-state index in [-0.39, 0.29) is 43.1 Å². The van der Waals surface area contributed by atoms with Crippen LogP contribution < -0.4 is 10.9 Å². The molecule has 0 radical (unpaired) electrons. The molecule has 2 aromatic rings. The Morgan fingerprint density at radius 1 is 1.37 bits per heavy atom. The van der Waals surface area contributed by atoms with E-state index in [2.05, 4.69) is 15.3 Å². The number of sulfonamides is 1. The second-order valence-corrected chi connectivity index (χ2v) is 10.3. The fraction of sp³-hybridized carbons (Fsp3) is 0.650. The first-order valence-electron chi connectivity index (χ1n) is 12.0. The highest BCUT2D eigenvalue weighted by Gasteiger charge is 2.39. The van der Waals surface area contributed by atoms with Crippen LogP contribution in [0.25, 0.3) is 11.0 Å². The first kappa shape index (κ1) is 16.6. The molecule has 2 aliphatic rings. The van der Waals surface area contributed by atoms with Crippen LogP contribution >= 0.6 is 0 Å². The number of nitrogens with zero attached hydrogens (tertiary/aromatic N) is 4. The number of hydrogen-bond donors (Lipinski definition) is 2. The van der Waals surface area contributed by atoms with Crippen LogP contribution in [0.4, 0.5) is 5.95 Å². The van der Waals surface area contributed by atoms with E-state index < -0.39 is 40.1 Å². The third kappa shape index (κ3) is 3.95. The van der Waals surface area contributed by atoms with Crippen LogP contribution in [0.5, 0.6) is 0 Å². The van der Waals surface area contributed by atoms with Gasteiger partial charge in [0.05, 0.1) is 19.3 Å². The van der Waals surface area contributed by atoms with Gasteiger partial charge in [-0.1, -0.05) is 0 Å². The Hall–Kier alpha value is -2.04. The molecule has 9 nitrogen and oxygen atoms in total. The third-order valence-corrected chi connectivity index (χ3v) is 7.35. The van der Waals surface area contributed by atoms with Crippen molar-refractivity contribution in [3.63, 3.8) is 0 Å². The second kappa shape index (κ2) is 7.58. The van der Waals surface area contributed by atoms with Gasteiger partial charge in [0.2, 0.25) is 16.0 Å². The molecule has 2 fully saturated rings. The van der Waals surface area contributed by atoms with Crippen LogP contribution in [0.3, 0.4) is 0 Å². The standard InChI is InChI=1S/C20H29N5O4S/c1-13-11-14-12-21-19(22-15-6-9-24(10-7-15)30(3,28)29)23-17(14)25(18(13)26)16-5-4-8-20(16,2)27/h11-12,15-16,27H,4-10H2,1-3H3,(H,21,22,23)/t16-,20-/m0/s1/i1D3,15D. The molecule has 0 aromatic carbocycles. The monoisotopic (exact) mass is 439 g/mol. The first-order valence-corrected chi connectivity index (χ1v) is 11.8. The molecule has 2 atom stereocenters. The van der Waals surface area contributed by atoms with Gasteiger partial charge in [-0.15, -0.1) is 0 Å². The van der Waals surface area contributed by atoms with Crippen molar-refractivity contribution in [2.45, 2.75) is 63.5 Å². The molecule has 1 aliphatic carbocycles. The summed E-state index contributed by atoms with van der Waals surface area (Å²) < 4.78 is 58.2. The predicted octanol–water partition coefficient (Wildman–Crippen LogP) is 1.41. The number of piperidine rings is 1. The quantitative estimate of drug-likeness (QED) is 0.740. The van der Waals surface area contributed by atoms with Gasteiger partial charge in [-0.05, 0) is 51.9 Å². The lowest BCUT2D eigenvalue weighted by molar-refractivity contribution is 0.0266. The summed E-state index contributed by atoms with van der Waals surface area (Å²) in [6.45, 7) is -0.659. The second-order valence-electron chi connectivity index (χ2n) is 8.36. The Morgan fingerprint density at radius 3 is 2.70 bits per heavy atom. The van der Waals surface area contributed by atoms with Gasteiger partial charge < -0.3 is 10.4 Å². The van der Waals surface area contributed by atoms with E-state index in [0.29, 0.717) is 24.6 Å². The minimum atomic E-state index is -3.34. The van der Waals surface area contributed by atoms with Crippen molar-refractivity contribution in [1.29, 1.82) is 0 Å². The van der Waals surface area contributed by atoms with Gasteiger partial charge >= 0.3 is 0 Å². The molecular formula is C20H29N5O4S. The average Bonchev–Trinajstić information content (AvgIpc) is 3.04. The van der Waals surface area contributed by atoms with E-state index in [0.717, 1.165) is 6.26 Å². The molecule has 4 rings (SSSR count). The molecule has 2 N–H and O–H groups in total. The van der Waals surface area contributed by atoms with Gasteiger partial charge in [-0.25, -0.2) is 17.7 Å². The van der Waals surface area contributed by atoms with E-state index in [4.69, 9.17) is 5.48 Å².